The summed E-state index contributed by atoms with van der Waals surface area (Å²) in [6, 6.07) is 10.3. The number of rotatable bonds is 3. The summed E-state index contributed by atoms with van der Waals surface area (Å²) in [4.78, 5) is 4.31. The smallest absolute Gasteiger partial charge is 0.145 e. The van der Waals surface area contributed by atoms with E-state index in [1.54, 1.807) is 0 Å². The zero-order valence-corrected chi connectivity index (χ0v) is 12.4. The summed E-state index contributed by atoms with van der Waals surface area (Å²) in [6.45, 7) is 8.97. The van der Waals surface area contributed by atoms with Gasteiger partial charge in [0, 0.05) is 6.54 Å². The van der Waals surface area contributed by atoms with Gasteiger partial charge in [-0.1, -0.05) is 23.8 Å². The highest BCUT2D eigenvalue weighted by atomic mass is 15.0. The first-order valence-corrected chi connectivity index (χ1v) is 6.69. The van der Waals surface area contributed by atoms with Gasteiger partial charge in [0.15, 0.2) is 0 Å². The molecule has 0 amide bonds. The molecule has 3 nitrogen and oxygen atoms in total. The molecule has 0 aliphatic heterocycles. The minimum atomic E-state index is 0.479. The van der Waals surface area contributed by atoms with Gasteiger partial charge in [0.1, 0.15) is 17.6 Å². The van der Waals surface area contributed by atoms with E-state index in [0.717, 1.165) is 17.9 Å². The predicted molar refractivity (Wildman–Crippen MR) is 81.7 cm³/mol. The van der Waals surface area contributed by atoms with E-state index in [9.17, 15) is 0 Å². The topological polar surface area (TPSA) is 48.7 Å². The Hall–Kier alpha value is -2.34. The Kier molecular flexibility index (Phi) is 4.05. The average Bonchev–Trinajstić information content (AvgIpc) is 2.39. The number of aromatic nitrogens is 1. The molecule has 0 fully saturated rings. The molecular weight excluding hydrogens is 246 g/mol. The van der Waals surface area contributed by atoms with Gasteiger partial charge in [-0.05, 0) is 56.0 Å². The third kappa shape index (κ3) is 2.97. The van der Waals surface area contributed by atoms with Crippen molar-refractivity contribution < 1.29 is 0 Å². The van der Waals surface area contributed by atoms with Gasteiger partial charge in [0.05, 0.1) is 0 Å². The van der Waals surface area contributed by atoms with Crippen LogP contribution in [-0.4, -0.2) is 4.98 Å². The number of nitrogens with one attached hydrogen (secondary N) is 1. The number of benzene rings is 1. The standard InChI is InChI=1S/C17H19N3/c1-11-7-13(3)15(14(4)8-11)10-19-17-6-5-12(2)16(9-18)20-17/h5-8H,10H2,1-4H3,(H,19,20). The van der Waals surface area contributed by atoms with Gasteiger partial charge >= 0.3 is 0 Å². The van der Waals surface area contributed by atoms with E-state index in [2.05, 4.69) is 49.3 Å². The van der Waals surface area contributed by atoms with Crippen molar-refractivity contribution in [3.8, 4) is 6.07 Å². The lowest BCUT2D eigenvalue weighted by atomic mass is 10.00. The van der Waals surface area contributed by atoms with E-state index >= 15 is 0 Å². The summed E-state index contributed by atoms with van der Waals surface area (Å²) in [5.41, 5.74) is 6.51. The van der Waals surface area contributed by atoms with Gasteiger partial charge in [-0.3, -0.25) is 0 Å². The Labute approximate surface area is 120 Å². The lowest BCUT2D eigenvalue weighted by molar-refractivity contribution is 1.05. The molecule has 1 aromatic carbocycles. The normalized spacial score (nSPS) is 10.2. The van der Waals surface area contributed by atoms with Gasteiger partial charge in [0.2, 0.25) is 0 Å². The molecule has 3 heteroatoms. The molecule has 0 bridgehead atoms. The third-order valence-electron chi connectivity index (χ3n) is 3.49. The van der Waals surface area contributed by atoms with E-state index < -0.39 is 0 Å². The Balaban J connectivity index is 2.20. The molecule has 0 unspecified atom stereocenters. The van der Waals surface area contributed by atoms with E-state index in [4.69, 9.17) is 5.26 Å². The molecule has 0 saturated carbocycles. The van der Waals surface area contributed by atoms with E-state index in [-0.39, 0.29) is 0 Å². The molecule has 0 radical (unpaired) electrons. The average molecular weight is 265 g/mol. The predicted octanol–water partition coefficient (Wildman–Crippen LogP) is 3.80. The number of pyridine rings is 1. The largest absolute Gasteiger partial charge is 0.366 e. The quantitative estimate of drug-likeness (QED) is 0.918. The Morgan fingerprint density at radius 1 is 1.05 bits per heavy atom. The molecule has 0 atom stereocenters. The molecule has 2 rings (SSSR count). The first-order chi connectivity index (χ1) is 9.51. The molecule has 1 heterocycles. The summed E-state index contributed by atoms with van der Waals surface area (Å²) < 4.78 is 0. The molecule has 102 valence electrons. The second kappa shape index (κ2) is 5.75. The van der Waals surface area contributed by atoms with Crippen LogP contribution in [0.4, 0.5) is 5.82 Å². The lowest BCUT2D eigenvalue weighted by Crippen LogP contribution is -2.06. The molecule has 1 N–H and O–H groups in total. The van der Waals surface area contributed by atoms with Crippen LogP contribution in [0, 0.1) is 39.0 Å². The number of hydrogen-bond donors (Lipinski definition) is 1. The first-order valence-electron chi connectivity index (χ1n) is 6.69. The molecule has 1 aromatic heterocycles. The van der Waals surface area contributed by atoms with Crippen molar-refractivity contribution in [1.82, 2.24) is 4.98 Å². The monoisotopic (exact) mass is 265 g/mol. The molecule has 20 heavy (non-hydrogen) atoms. The summed E-state index contributed by atoms with van der Waals surface area (Å²) in [6.07, 6.45) is 0. The molecule has 0 spiro atoms. The van der Waals surface area contributed by atoms with Crippen LogP contribution in [0.5, 0.6) is 0 Å². The van der Waals surface area contributed by atoms with E-state index in [0.29, 0.717) is 5.69 Å². The van der Waals surface area contributed by atoms with Crippen LogP contribution in [0.2, 0.25) is 0 Å². The number of nitrogens with zero attached hydrogens (tertiary/aromatic N) is 2. The van der Waals surface area contributed by atoms with E-state index in [1.807, 2.05) is 19.1 Å². The highest BCUT2D eigenvalue weighted by Crippen LogP contribution is 2.18. The number of hydrogen-bond acceptors (Lipinski definition) is 3. The highest BCUT2D eigenvalue weighted by molar-refractivity contribution is 5.45. The fourth-order valence-electron chi connectivity index (χ4n) is 2.41. The molecule has 2 aromatic rings. The van der Waals surface area contributed by atoms with Crippen LogP contribution in [-0.2, 0) is 6.54 Å². The summed E-state index contributed by atoms with van der Waals surface area (Å²) in [5, 5.41) is 12.3. The van der Waals surface area contributed by atoms with Crippen LogP contribution in [0.15, 0.2) is 24.3 Å². The second-order valence-corrected chi connectivity index (χ2v) is 5.20. The molecular formula is C17H19N3. The fourth-order valence-corrected chi connectivity index (χ4v) is 2.41. The minimum absolute atomic E-state index is 0.479. The summed E-state index contributed by atoms with van der Waals surface area (Å²) in [5.74, 6) is 0.742. The summed E-state index contributed by atoms with van der Waals surface area (Å²) in [7, 11) is 0. The summed E-state index contributed by atoms with van der Waals surface area (Å²) >= 11 is 0. The maximum Gasteiger partial charge on any atom is 0.145 e. The van der Waals surface area contributed by atoms with Crippen LogP contribution in [0.3, 0.4) is 0 Å². The second-order valence-electron chi connectivity index (χ2n) is 5.20. The van der Waals surface area contributed by atoms with Crippen molar-refractivity contribution >= 4 is 5.82 Å². The van der Waals surface area contributed by atoms with Gasteiger partial charge in [-0.2, -0.15) is 5.26 Å². The van der Waals surface area contributed by atoms with Crippen molar-refractivity contribution in [1.29, 1.82) is 5.26 Å². The maximum atomic E-state index is 9.01. The SMILES string of the molecule is Cc1cc(C)c(CNc2ccc(C)c(C#N)n2)c(C)c1. The Bertz CT molecular complexity index is 658. The number of nitriles is 1. The number of anilines is 1. The minimum Gasteiger partial charge on any atom is -0.366 e. The van der Waals surface area contributed by atoms with Gasteiger partial charge < -0.3 is 5.32 Å². The Morgan fingerprint density at radius 2 is 1.70 bits per heavy atom. The maximum absolute atomic E-state index is 9.01. The number of aryl methyl sites for hydroxylation is 4. The fraction of sp³-hybridized carbons (Fsp3) is 0.294. The van der Waals surface area contributed by atoms with Crippen molar-refractivity contribution in [2.24, 2.45) is 0 Å². The molecule has 0 saturated heterocycles. The Morgan fingerprint density at radius 3 is 2.30 bits per heavy atom. The van der Waals surface area contributed by atoms with Crippen LogP contribution in [0.1, 0.15) is 33.5 Å². The highest BCUT2D eigenvalue weighted by Gasteiger charge is 2.05. The lowest BCUT2D eigenvalue weighted by Gasteiger charge is -2.13. The van der Waals surface area contributed by atoms with E-state index in [1.165, 1.54) is 22.3 Å². The van der Waals surface area contributed by atoms with Crippen LogP contribution < -0.4 is 5.32 Å². The van der Waals surface area contributed by atoms with Gasteiger partial charge in [-0.15, -0.1) is 0 Å². The van der Waals surface area contributed by atoms with Crippen molar-refractivity contribution in [3.05, 3.63) is 57.8 Å². The van der Waals surface area contributed by atoms with Crippen LogP contribution in [0.25, 0.3) is 0 Å². The first kappa shape index (κ1) is 14.1. The van der Waals surface area contributed by atoms with Gasteiger partial charge in [0.25, 0.3) is 0 Å². The zero-order valence-electron chi connectivity index (χ0n) is 12.4. The molecule has 0 aliphatic carbocycles. The van der Waals surface area contributed by atoms with Crippen molar-refractivity contribution in [2.75, 3.05) is 5.32 Å². The van der Waals surface area contributed by atoms with Crippen LogP contribution >= 0.6 is 0 Å². The van der Waals surface area contributed by atoms with Crippen molar-refractivity contribution in [3.63, 3.8) is 0 Å². The zero-order chi connectivity index (χ0) is 14.7. The third-order valence-corrected chi connectivity index (χ3v) is 3.49. The van der Waals surface area contributed by atoms with Crippen molar-refractivity contribution in [2.45, 2.75) is 34.2 Å². The molecule has 0 aliphatic rings. The van der Waals surface area contributed by atoms with Gasteiger partial charge in [-0.25, -0.2) is 4.98 Å².